The van der Waals surface area contributed by atoms with Crippen LogP contribution in [0.25, 0.3) is 0 Å². The second-order valence-electron chi connectivity index (χ2n) is 5.85. The minimum absolute atomic E-state index is 0.0727. The van der Waals surface area contributed by atoms with Crippen molar-refractivity contribution in [3.8, 4) is 0 Å². The number of rotatable bonds is 5. The van der Waals surface area contributed by atoms with Gasteiger partial charge in [0.05, 0.1) is 6.04 Å². The van der Waals surface area contributed by atoms with Crippen LogP contribution >= 0.6 is 11.6 Å². The van der Waals surface area contributed by atoms with Crippen LogP contribution in [-0.2, 0) is 0 Å². The van der Waals surface area contributed by atoms with E-state index in [-0.39, 0.29) is 6.04 Å². The standard InChI is InChI=1S/C19H20ClN5/c1-12-10-15(20)8-9-16(12)25-19-17(21)18(22-11-23-19)24-13(2)14-6-4-3-5-7-14/h3-11,13H,21H2,1-2H3,(H2,22,23,24,25). The molecule has 6 heteroatoms. The van der Waals surface area contributed by atoms with Crippen LogP contribution in [0.2, 0.25) is 5.02 Å². The summed E-state index contributed by atoms with van der Waals surface area (Å²) in [7, 11) is 0. The zero-order valence-electron chi connectivity index (χ0n) is 14.1. The summed E-state index contributed by atoms with van der Waals surface area (Å²) in [6.07, 6.45) is 1.49. The van der Waals surface area contributed by atoms with Crippen molar-refractivity contribution in [2.24, 2.45) is 0 Å². The summed E-state index contributed by atoms with van der Waals surface area (Å²) in [4.78, 5) is 8.53. The number of benzene rings is 2. The number of nitrogens with zero attached hydrogens (tertiary/aromatic N) is 2. The highest BCUT2D eigenvalue weighted by Gasteiger charge is 2.12. The molecule has 4 N–H and O–H groups in total. The molecule has 0 aliphatic rings. The molecule has 0 bridgehead atoms. The number of anilines is 4. The Kier molecular flexibility index (Phi) is 5.05. The summed E-state index contributed by atoms with van der Waals surface area (Å²) in [5.41, 5.74) is 9.80. The number of aryl methyl sites for hydroxylation is 1. The molecule has 1 unspecified atom stereocenters. The maximum atomic E-state index is 6.26. The van der Waals surface area contributed by atoms with Crippen molar-refractivity contribution in [1.29, 1.82) is 0 Å². The van der Waals surface area contributed by atoms with Crippen LogP contribution in [0.1, 0.15) is 24.1 Å². The monoisotopic (exact) mass is 353 g/mol. The van der Waals surface area contributed by atoms with E-state index in [9.17, 15) is 0 Å². The molecule has 0 aliphatic heterocycles. The van der Waals surface area contributed by atoms with Gasteiger partial charge in [0.15, 0.2) is 11.6 Å². The van der Waals surface area contributed by atoms with Gasteiger partial charge in [0.2, 0.25) is 0 Å². The van der Waals surface area contributed by atoms with Crippen molar-refractivity contribution in [1.82, 2.24) is 9.97 Å². The Balaban J connectivity index is 1.82. The van der Waals surface area contributed by atoms with Crippen LogP contribution in [0, 0.1) is 6.92 Å². The Bertz CT molecular complexity index is 867. The van der Waals surface area contributed by atoms with Crippen LogP contribution in [0.15, 0.2) is 54.9 Å². The van der Waals surface area contributed by atoms with E-state index in [2.05, 4.69) is 39.7 Å². The van der Waals surface area contributed by atoms with Gasteiger partial charge in [-0.25, -0.2) is 9.97 Å². The molecule has 0 fully saturated rings. The average Bonchev–Trinajstić information content (AvgIpc) is 2.61. The van der Waals surface area contributed by atoms with Gasteiger partial charge >= 0.3 is 0 Å². The molecule has 128 valence electrons. The third-order valence-electron chi connectivity index (χ3n) is 3.98. The molecule has 1 heterocycles. The molecule has 0 saturated carbocycles. The Hall–Kier alpha value is -2.79. The third-order valence-corrected chi connectivity index (χ3v) is 4.21. The van der Waals surface area contributed by atoms with E-state index in [1.807, 2.05) is 43.3 Å². The lowest BCUT2D eigenvalue weighted by Crippen LogP contribution is -2.11. The molecule has 25 heavy (non-hydrogen) atoms. The fourth-order valence-electron chi connectivity index (χ4n) is 2.54. The minimum atomic E-state index is 0.0727. The Morgan fingerprint density at radius 3 is 2.48 bits per heavy atom. The van der Waals surface area contributed by atoms with E-state index in [1.54, 1.807) is 0 Å². The van der Waals surface area contributed by atoms with E-state index in [1.165, 1.54) is 6.33 Å². The first-order valence-electron chi connectivity index (χ1n) is 7.99. The number of nitrogens with two attached hydrogens (primary N) is 1. The van der Waals surface area contributed by atoms with Crippen molar-refractivity contribution < 1.29 is 0 Å². The molecule has 0 aliphatic carbocycles. The van der Waals surface area contributed by atoms with Crippen molar-refractivity contribution in [3.63, 3.8) is 0 Å². The fraction of sp³-hybridized carbons (Fsp3) is 0.158. The van der Waals surface area contributed by atoms with E-state index in [4.69, 9.17) is 17.3 Å². The van der Waals surface area contributed by atoms with Gasteiger partial charge < -0.3 is 16.4 Å². The lowest BCUT2D eigenvalue weighted by molar-refractivity contribution is 0.873. The second kappa shape index (κ2) is 7.40. The molecule has 1 aromatic heterocycles. The number of hydrogen-bond donors (Lipinski definition) is 3. The zero-order chi connectivity index (χ0) is 17.8. The Labute approximate surface area is 152 Å². The zero-order valence-corrected chi connectivity index (χ0v) is 14.9. The number of nitrogen functional groups attached to an aromatic ring is 1. The molecule has 2 aromatic carbocycles. The van der Waals surface area contributed by atoms with Gasteiger partial charge in [-0.2, -0.15) is 0 Å². The summed E-state index contributed by atoms with van der Waals surface area (Å²) in [5.74, 6) is 1.16. The number of hydrogen-bond acceptors (Lipinski definition) is 5. The first-order chi connectivity index (χ1) is 12.0. The molecular formula is C19H20ClN5. The van der Waals surface area contributed by atoms with Gasteiger partial charge in [-0.3, -0.25) is 0 Å². The first kappa shape index (κ1) is 17.0. The molecule has 3 aromatic rings. The second-order valence-corrected chi connectivity index (χ2v) is 6.28. The van der Waals surface area contributed by atoms with Crippen molar-refractivity contribution in [2.45, 2.75) is 19.9 Å². The summed E-state index contributed by atoms with van der Waals surface area (Å²) < 4.78 is 0. The normalized spacial score (nSPS) is 11.8. The predicted molar refractivity (Wildman–Crippen MR) is 104 cm³/mol. The maximum Gasteiger partial charge on any atom is 0.159 e. The summed E-state index contributed by atoms with van der Waals surface area (Å²) >= 11 is 6.00. The number of halogens is 1. The van der Waals surface area contributed by atoms with Gasteiger partial charge in [0.1, 0.15) is 12.0 Å². The fourth-order valence-corrected chi connectivity index (χ4v) is 2.76. The third kappa shape index (κ3) is 4.00. The van der Waals surface area contributed by atoms with Gasteiger partial charge in [-0.05, 0) is 43.2 Å². The minimum Gasteiger partial charge on any atom is -0.393 e. The number of aromatic nitrogens is 2. The summed E-state index contributed by atoms with van der Waals surface area (Å²) in [6.45, 7) is 4.04. The Morgan fingerprint density at radius 1 is 1.04 bits per heavy atom. The van der Waals surface area contributed by atoms with Crippen LogP contribution in [-0.4, -0.2) is 9.97 Å². The smallest absolute Gasteiger partial charge is 0.159 e. The highest BCUT2D eigenvalue weighted by Crippen LogP contribution is 2.30. The summed E-state index contributed by atoms with van der Waals surface area (Å²) in [6, 6.07) is 15.8. The SMILES string of the molecule is Cc1cc(Cl)ccc1Nc1ncnc(NC(C)c2ccccc2)c1N. The highest BCUT2D eigenvalue weighted by molar-refractivity contribution is 6.30. The molecule has 0 radical (unpaired) electrons. The van der Waals surface area contributed by atoms with Gasteiger partial charge in [-0.1, -0.05) is 41.9 Å². The lowest BCUT2D eigenvalue weighted by atomic mass is 10.1. The number of nitrogens with one attached hydrogen (secondary N) is 2. The van der Waals surface area contributed by atoms with Gasteiger partial charge in [0.25, 0.3) is 0 Å². The van der Waals surface area contributed by atoms with Gasteiger partial charge in [0, 0.05) is 10.7 Å². The Morgan fingerprint density at radius 2 is 1.76 bits per heavy atom. The molecule has 0 amide bonds. The van der Waals surface area contributed by atoms with E-state index < -0.39 is 0 Å². The average molecular weight is 354 g/mol. The van der Waals surface area contributed by atoms with Crippen molar-refractivity contribution >= 4 is 34.6 Å². The van der Waals surface area contributed by atoms with E-state index >= 15 is 0 Å². The highest BCUT2D eigenvalue weighted by atomic mass is 35.5. The van der Waals surface area contributed by atoms with Crippen LogP contribution < -0.4 is 16.4 Å². The quantitative estimate of drug-likeness (QED) is 0.605. The van der Waals surface area contributed by atoms with Crippen LogP contribution in [0.3, 0.4) is 0 Å². The van der Waals surface area contributed by atoms with Crippen molar-refractivity contribution in [2.75, 3.05) is 16.4 Å². The largest absolute Gasteiger partial charge is 0.393 e. The molecule has 0 saturated heterocycles. The van der Waals surface area contributed by atoms with E-state index in [0.29, 0.717) is 22.3 Å². The van der Waals surface area contributed by atoms with Crippen LogP contribution in [0.4, 0.5) is 23.0 Å². The first-order valence-corrected chi connectivity index (χ1v) is 8.37. The molecule has 5 nitrogen and oxygen atoms in total. The van der Waals surface area contributed by atoms with Crippen molar-refractivity contribution in [3.05, 3.63) is 71.0 Å². The van der Waals surface area contributed by atoms with E-state index in [0.717, 1.165) is 16.8 Å². The molecular weight excluding hydrogens is 334 g/mol. The lowest BCUT2D eigenvalue weighted by Gasteiger charge is -2.18. The molecule has 0 spiro atoms. The molecule has 1 atom stereocenters. The van der Waals surface area contributed by atoms with Gasteiger partial charge in [-0.15, -0.1) is 0 Å². The summed E-state index contributed by atoms with van der Waals surface area (Å²) in [5, 5.41) is 7.28. The maximum absolute atomic E-state index is 6.26. The molecule has 3 rings (SSSR count). The topological polar surface area (TPSA) is 75.9 Å². The predicted octanol–water partition coefficient (Wildman–Crippen LogP) is 4.94. The van der Waals surface area contributed by atoms with Crippen LogP contribution in [0.5, 0.6) is 0 Å².